The summed E-state index contributed by atoms with van der Waals surface area (Å²) < 4.78 is 1.55. The summed E-state index contributed by atoms with van der Waals surface area (Å²) in [7, 11) is 0. The van der Waals surface area contributed by atoms with E-state index in [0.717, 1.165) is 16.6 Å². The van der Waals surface area contributed by atoms with Crippen LogP contribution in [0.15, 0.2) is 60.7 Å². The van der Waals surface area contributed by atoms with E-state index in [1.807, 2.05) is 38.1 Å². The molecule has 2 aromatic heterocycles. The van der Waals surface area contributed by atoms with Crippen molar-refractivity contribution in [2.24, 2.45) is 0 Å². The molecule has 0 spiro atoms. The molecule has 0 atom stereocenters. The molecular weight excluding hydrogens is 370 g/mol. The van der Waals surface area contributed by atoms with Crippen LogP contribution in [-0.2, 0) is 0 Å². The molecule has 0 aliphatic carbocycles. The van der Waals surface area contributed by atoms with E-state index in [1.54, 1.807) is 28.9 Å². The van der Waals surface area contributed by atoms with Crippen LogP contribution in [0.2, 0.25) is 0 Å². The van der Waals surface area contributed by atoms with Crippen LogP contribution in [0, 0.1) is 24.0 Å². The van der Waals surface area contributed by atoms with Crippen LogP contribution in [0.4, 0.5) is 11.5 Å². The van der Waals surface area contributed by atoms with Crippen LogP contribution < -0.4 is 5.32 Å². The first-order valence-corrected chi connectivity index (χ1v) is 8.91. The number of hydrogen-bond donors (Lipinski definition) is 1. The highest BCUT2D eigenvalue weighted by atomic mass is 16.6. The lowest BCUT2D eigenvalue weighted by atomic mass is 10.1. The van der Waals surface area contributed by atoms with Crippen molar-refractivity contribution < 1.29 is 9.72 Å². The van der Waals surface area contributed by atoms with Crippen molar-refractivity contribution in [1.29, 1.82) is 0 Å². The number of pyridine rings is 1. The minimum Gasteiger partial charge on any atom is -0.306 e. The number of carbonyl (C=O) groups excluding carboxylic acids is 1. The molecule has 29 heavy (non-hydrogen) atoms. The van der Waals surface area contributed by atoms with E-state index in [0.29, 0.717) is 22.8 Å². The van der Waals surface area contributed by atoms with Crippen LogP contribution in [0.1, 0.15) is 21.7 Å². The lowest BCUT2D eigenvalue weighted by Crippen LogP contribution is -2.16. The Labute approximate surface area is 166 Å². The maximum absolute atomic E-state index is 13.0. The van der Waals surface area contributed by atoms with Crippen molar-refractivity contribution in [3.63, 3.8) is 0 Å². The van der Waals surface area contributed by atoms with Gasteiger partial charge in [-0.25, -0.2) is 4.68 Å². The second kappa shape index (κ2) is 7.16. The number of nitro benzene ring substituents is 1. The number of non-ortho nitro benzene ring substituents is 1. The van der Waals surface area contributed by atoms with E-state index >= 15 is 0 Å². The van der Waals surface area contributed by atoms with Gasteiger partial charge in [-0.05, 0) is 38.1 Å². The van der Waals surface area contributed by atoms with Crippen LogP contribution in [0.3, 0.4) is 0 Å². The Morgan fingerprint density at radius 2 is 1.76 bits per heavy atom. The van der Waals surface area contributed by atoms with Gasteiger partial charge in [0.15, 0.2) is 0 Å². The smallest absolute Gasteiger partial charge is 0.269 e. The number of anilines is 1. The highest BCUT2D eigenvalue weighted by Crippen LogP contribution is 2.23. The topological polar surface area (TPSA) is 103 Å². The van der Waals surface area contributed by atoms with Gasteiger partial charge in [-0.15, -0.1) is 0 Å². The maximum atomic E-state index is 13.0. The number of hydrogen-bond acceptors (Lipinski definition) is 5. The predicted octanol–water partition coefficient (Wildman–Crippen LogP) is 4.20. The number of amides is 1. The SMILES string of the molecule is Cc1cc(C(=O)Nc2cc(C)nn2-c2ccc([N+](=O)[O-])cc2)c2ccccc2n1. The molecule has 1 amide bonds. The number of nitro groups is 1. The van der Waals surface area contributed by atoms with E-state index < -0.39 is 4.92 Å². The third kappa shape index (κ3) is 3.55. The molecule has 0 saturated heterocycles. The van der Waals surface area contributed by atoms with Crippen molar-refractivity contribution in [1.82, 2.24) is 14.8 Å². The van der Waals surface area contributed by atoms with Gasteiger partial charge in [-0.1, -0.05) is 18.2 Å². The Kier molecular flexibility index (Phi) is 4.52. The second-order valence-electron chi connectivity index (χ2n) is 6.64. The second-order valence-corrected chi connectivity index (χ2v) is 6.64. The number of carbonyl (C=O) groups is 1. The first-order valence-electron chi connectivity index (χ1n) is 8.91. The van der Waals surface area contributed by atoms with Crippen molar-refractivity contribution in [2.45, 2.75) is 13.8 Å². The lowest BCUT2D eigenvalue weighted by molar-refractivity contribution is -0.384. The standard InChI is InChI=1S/C21H17N5O3/c1-13-11-18(17-5-3-4-6-19(17)22-13)21(27)23-20-12-14(2)24-25(20)15-7-9-16(10-8-15)26(28)29/h3-12H,1-2H3,(H,23,27). The van der Waals surface area contributed by atoms with Gasteiger partial charge in [-0.3, -0.25) is 19.9 Å². The number of rotatable bonds is 4. The van der Waals surface area contributed by atoms with Gasteiger partial charge in [0.2, 0.25) is 0 Å². The summed E-state index contributed by atoms with van der Waals surface area (Å²) in [6.45, 7) is 3.65. The molecule has 0 radical (unpaired) electrons. The largest absolute Gasteiger partial charge is 0.306 e. The fourth-order valence-electron chi connectivity index (χ4n) is 3.18. The number of para-hydroxylation sites is 1. The Bertz CT molecular complexity index is 1250. The highest BCUT2D eigenvalue weighted by Gasteiger charge is 2.16. The monoisotopic (exact) mass is 387 g/mol. The molecular formula is C21H17N5O3. The summed E-state index contributed by atoms with van der Waals surface area (Å²) in [5.41, 5.74) is 3.31. The van der Waals surface area contributed by atoms with Gasteiger partial charge in [-0.2, -0.15) is 5.10 Å². The van der Waals surface area contributed by atoms with E-state index in [9.17, 15) is 14.9 Å². The molecule has 1 N–H and O–H groups in total. The normalized spacial score (nSPS) is 10.8. The quantitative estimate of drug-likeness (QED) is 0.418. The Morgan fingerprint density at radius 1 is 1.03 bits per heavy atom. The molecule has 0 bridgehead atoms. The first kappa shape index (κ1) is 18.3. The third-order valence-corrected chi connectivity index (χ3v) is 4.47. The van der Waals surface area contributed by atoms with E-state index in [2.05, 4.69) is 15.4 Å². The zero-order chi connectivity index (χ0) is 20.5. The molecule has 0 unspecified atom stereocenters. The molecule has 0 aliphatic rings. The van der Waals surface area contributed by atoms with Crippen LogP contribution in [-0.4, -0.2) is 25.6 Å². The summed E-state index contributed by atoms with van der Waals surface area (Å²) in [5, 5.41) is 18.9. The number of fused-ring (bicyclic) bond motifs is 1. The summed E-state index contributed by atoms with van der Waals surface area (Å²) in [6.07, 6.45) is 0. The molecule has 144 valence electrons. The van der Waals surface area contributed by atoms with Crippen molar-refractivity contribution in [2.75, 3.05) is 5.32 Å². The van der Waals surface area contributed by atoms with Gasteiger partial charge in [0.1, 0.15) is 5.82 Å². The molecule has 0 aliphatic heterocycles. The van der Waals surface area contributed by atoms with Crippen molar-refractivity contribution in [3.8, 4) is 5.69 Å². The number of aryl methyl sites for hydroxylation is 2. The molecule has 2 heterocycles. The molecule has 4 aromatic rings. The van der Waals surface area contributed by atoms with Crippen LogP contribution in [0.25, 0.3) is 16.6 Å². The zero-order valence-corrected chi connectivity index (χ0v) is 15.8. The number of benzene rings is 2. The Morgan fingerprint density at radius 3 is 2.48 bits per heavy atom. The fourth-order valence-corrected chi connectivity index (χ4v) is 3.18. The molecule has 0 fully saturated rings. The van der Waals surface area contributed by atoms with Gasteiger partial charge < -0.3 is 5.32 Å². The van der Waals surface area contributed by atoms with Gasteiger partial charge >= 0.3 is 0 Å². The predicted molar refractivity (Wildman–Crippen MR) is 109 cm³/mol. The summed E-state index contributed by atoms with van der Waals surface area (Å²) in [4.78, 5) is 27.9. The maximum Gasteiger partial charge on any atom is 0.269 e. The highest BCUT2D eigenvalue weighted by molar-refractivity contribution is 6.12. The van der Waals surface area contributed by atoms with Crippen molar-refractivity contribution in [3.05, 3.63) is 87.7 Å². The lowest BCUT2D eigenvalue weighted by Gasteiger charge is -2.11. The molecule has 8 heteroatoms. The molecule has 0 saturated carbocycles. The summed E-state index contributed by atoms with van der Waals surface area (Å²) >= 11 is 0. The zero-order valence-electron chi connectivity index (χ0n) is 15.8. The molecule has 4 rings (SSSR count). The Hall–Kier alpha value is -4.07. The average Bonchev–Trinajstić information content (AvgIpc) is 3.07. The number of nitrogens with zero attached hydrogens (tertiary/aromatic N) is 4. The fraction of sp³-hybridized carbons (Fsp3) is 0.0952. The van der Waals surface area contributed by atoms with E-state index in [1.165, 1.54) is 12.1 Å². The van der Waals surface area contributed by atoms with Crippen LogP contribution in [0.5, 0.6) is 0 Å². The molecule has 2 aromatic carbocycles. The molecule has 8 nitrogen and oxygen atoms in total. The van der Waals surface area contributed by atoms with E-state index in [4.69, 9.17) is 0 Å². The van der Waals surface area contributed by atoms with Gasteiger partial charge in [0, 0.05) is 29.3 Å². The number of aromatic nitrogens is 3. The Balaban J connectivity index is 1.71. The van der Waals surface area contributed by atoms with Crippen molar-refractivity contribution >= 4 is 28.3 Å². The minimum absolute atomic E-state index is 0.0121. The van der Waals surface area contributed by atoms with Gasteiger partial charge in [0.25, 0.3) is 11.6 Å². The minimum atomic E-state index is -0.461. The van der Waals surface area contributed by atoms with E-state index in [-0.39, 0.29) is 11.6 Å². The third-order valence-electron chi connectivity index (χ3n) is 4.47. The van der Waals surface area contributed by atoms with Crippen LogP contribution >= 0.6 is 0 Å². The first-order chi connectivity index (χ1) is 13.9. The number of nitrogens with one attached hydrogen (secondary N) is 1. The average molecular weight is 387 g/mol. The summed E-state index contributed by atoms with van der Waals surface area (Å²) in [5.74, 6) is 0.190. The summed E-state index contributed by atoms with van der Waals surface area (Å²) in [6, 6.07) is 16.9. The van der Waals surface area contributed by atoms with Gasteiger partial charge in [0.05, 0.1) is 27.4 Å².